The number of fused-ring (bicyclic) bond motifs is 2. The number of benzene rings is 1. The van der Waals surface area contributed by atoms with E-state index in [1.54, 1.807) is 13.8 Å². The van der Waals surface area contributed by atoms with Crippen LogP contribution in [0.25, 0.3) is 0 Å². The molecule has 0 radical (unpaired) electrons. The third-order valence-electron chi connectivity index (χ3n) is 6.63. The highest BCUT2D eigenvalue weighted by molar-refractivity contribution is 5.83. The van der Waals surface area contributed by atoms with Gasteiger partial charge in [0.2, 0.25) is 0 Å². The molecule has 176 valence electrons. The van der Waals surface area contributed by atoms with Crippen molar-refractivity contribution < 1.29 is 42.1 Å². The summed E-state index contributed by atoms with van der Waals surface area (Å²) in [6.45, 7) is 4.86. The van der Waals surface area contributed by atoms with E-state index in [9.17, 15) is 27.9 Å². The molecule has 1 aromatic carbocycles. The Kier molecular flexibility index (Phi) is 6.08. The van der Waals surface area contributed by atoms with Gasteiger partial charge in [-0.05, 0) is 26.0 Å². The molecule has 0 unspecified atom stereocenters. The fourth-order valence-electron chi connectivity index (χ4n) is 4.75. The van der Waals surface area contributed by atoms with Crippen LogP contribution in [0.15, 0.2) is 42.5 Å². The number of ether oxygens (including phenoxy) is 3. The van der Waals surface area contributed by atoms with Gasteiger partial charge in [-0.1, -0.05) is 37.3 Å². The molecule has 5 atom stereocenters. The van der Waals surface area contributed by atoms with Crippen molar-refractivity contribution in [2.45, 2.75) is 62.7 Å². The molecule has 0 aromatic heterocycles. The number of rotatable bonds is 6. The summed E-state index contributed by atoms with van der Waals surface area (Å²) in [6, 6.07) is 6.52. The van der Waals surface area contributed by atoms with Gasteiger partial charge in [-0.2, -0.15) is 13.2 Å². The Morgan fingerprint density at radius 3 is 2.38 bits per heavy atom. The molecule has 1 heterocycles. The quantitative estimate of drug-likeness (QED) is 0.522. The monoisotopic (exact) mass is 456 g/mol. The fourth-order valence-corrected chi connectivity index (χ4v) is 4.75. The lowest BCUT2D eigenvalue weighted by Gasteiger charge is -2.47. The molecule has 6 nitrogen and oxygen atoms in total. The molecule has 1 aromatic rings. The van der Waals surface area contributed by atoms with Crippen molar-refractivity contribution in [1.29, 1.82) is 0 Å². The standard InChI is InChI=1S/C23H27F3O6/c1-15(10-11-21(29)19(2)12-17(27)13-20(21,3)31-14-19)32-18(28)22(30-4,23(24,25)26)16-8-6-5-7-9-16/h5-11,15,29H,12-14H2,1-4H3/b11-10+/t15-,19+,20+,21+,22+/m0/s1. The van der Waals surface area contributed by atoms with Gasteiger partial charge in [0.15, 0.2) is 0 Å². The largest absolute Gasteiger partial charge is 0.456 e. The molecule has 1 saturated carbocycles. The number of methoxy groups -OCH3 is 1. The summed E-state index contributed by atoms with van der Waals surface area (Å²) >= 11 is 0. The second-order valence-corrected chi connectivity index (χ2v) is 8.96. The molecule has 1 N–H and O–H groups in total. The Labute approximate surface area is 184 Å². The van der Waals surface area contributed by atoms with E-state index < -0.39 is 46.0 Å². The summed E-state index contributed by atoms with van der Waals surface area (Å²) in [5.41, 5.74) is -7.35. The minimum atomic E-state index is -5.08. The number of hydrogen-bond acceptors (Lipinski definition) is 6. The van der Waals surface area contributed by atoms with Crippen LogP contribution in [0.3, 0.4) is 0 Å². The van der Waals surface area contributed by atoms with E-state index in [4.69, 9.17) is 14.2 Å². The zero-order valence-electron chi connectivity index (χ0n) is 18.4. The van der Waals surface area contributed by atoms with E-state index in [2.05, 4.69) is 0 Å². The van der Waals surface area contributed by atoms with E-state index >= 15 is 0 Å². The zero-order valence-corrected chi connectivity index (χ0v) is 18.4. The minimum absolute atomic E-state index is 0.00641. The van der Waals surface area contributed by atoms with Crippen molar-refractivity contribution in [3.63, 3.8) is 0 Å². The molecule has 1 saturated heterocycles. The Morgan fingerprint density at radius 2 is 1.84 bits per heavy atom. The average Bonchev–Trinajstić information content (AvgIpc) is 2.80. The van der Waals surface area contributed by atoms with Gasteiger partial charge in [0, 0.05) is 30.9 Å². The number of hydrogen-bond donors (Lipinski definition) is 1. The highest BCUT2D eigenvalue weighted by Crippen LogP contribution is 2.56. The van der Waals surface area contributed by atoms with Gasteiger partial charge in [-0.15, -0.1) is 0 Å². The number of halogens is 3. The van der Waals surface area contributed by atoms with Crippen LogP contribution >= 0.6 is 0 Å². The van der Waals surface area contributed by atoms with Crippen LogP contribution in [0.1, 0.15) is 39.2 Å². The molecule has 0 spiro atoms. The summed E-state index contributed by atoms with van der Waals surface area (Å²) in [6.07, 6.45) is -3.43. The summed E-state index contributed by atoms with van der Waals surface area (Å²) in [5, 5.41) is 11.4. The minimum Gasteiger partial charge on any atom is -0.456 e. The fraction of sp³-hybridized carbons (Fsp3) is 0.565. The van der Waals surface area contributed by atoms with Gasteiger partial charge in [-0.3, -0.25) is 4.79 Å². The molecule has 32 heavy (non-hydrogen) atoms. The summed E-state index contributed by atoms with van der Waals surface area (Å²) in [4.78, 5) is 24.8. The van der Waals surface area contributed by atoms with E-state index in [1.807, 2.05) is 0 Å². The van der Waals surface area contributed by atoms with E-state index in [1.165, 1.54) is 37.3 Å². The number of carbonyl (C=O) groups is 2. The van der Waals surface area contributed by atoms with Crippen LogP contribution in [0, 0.1) is 5.41 Å². The van der Waals surface area contributed by atoms with Crippen LogP contribution in [-0.2, 0) is 29.4 Å². The van der Waals surface area contributed by atoms with Gasteiger partial charge in [0.1, 0.15) is 23.1 Å². The van der Waals surface area contributed by atoms with Crippen molar-refractivity contribution in [2.24, 2.45) is 5.41 Å². The molecule has 9 heteroatoms. The van der Waals surface area contributed by atoms with Crippen LogP contribution in [0.5, 0.6) is 0 Å². The Bertz CT molecular complexity index is 892. The lowest BCUT2D eigenvalue weighted by Crippen LogP contribution is -2.60. The topological polar surface area (TPSA) is 82.1 Å². The Morgan fingerprint density at radius 1 is 1.22 bits per heavy atom. The third kappa shape index (κ3) is 3.56. The number of aliphatic hydroxyl groups is 1. The summed E-state index contributed by atoms with van der Waals surface area (Å²) in [5.74, 6) is -1.67. The van der Waals surface area contributed by atoms with E-state index in [-0.39, 0.29) is 25.2 Å². The van der Waals surface area contributed by atoms with Crippen LogP contribution < -0.4 is 0 Å². The van der Waals surface area contributed by atoms with Gasteiger partial charge < -0.3 is 19.3 Å². The second-order valence-electron chi connectivity index (χ2n) is 8.96. The van der Waals surface area contributed by atoms with Crippen molar-refractivity contribution in [3.05, 3.63) is 48.0 Å². The van der Waals surface area contributed by atoms with E-state index in [0.29, 0.717) is 0 Å². The first-order valence-electron chi connectivity index (χ1n) is 10.2. The Hall–Kier alpha value is -2.23. The number of esters is 1. The van der Waals surface area contributed by atoms with Crippen molar-refractivity contribution >= 4 is 11.8 Å². The predicted octanol–water partition coefficient (Wildman–Crippen LogP) is 3.47. The third-order valence-corrected chi connectivity index (χ3v) is 6.63. The molecular weight excluding hydrogens is 429 g/mol. The van der Waals surface area contributed by atoms with Crippen molar-refractivity contribution in [3.8, 4) is 0 Å². The maximum absolute atomic E-state index is 14.0. The smallest absolute Gasteiger partial charge is 0.432 e. The van der Waals surface area contributed by atoms with Gasteiger partial charge >= 0.3 is 12.1 Å². The van der Waals surface area contributed by atoms with Gasteiger partial charge in [0.25, 0.3) is 5.60 Å². The molecule has 2 fully saturated rings. The maximum atomic E-state index is 14.0. The number of carbonyl (C=O) groups excluding carboxylic acids is 2. The second kappa shape index (κ2) is 7.97. The first kappa shape index (κ1) is 24.4. The molecule has 3 rings (SSSR count). The zero-order chi connectivity index (χ0) is 24.0. The Balaban J connectivity index is 1.86. The van der Waals surface area contributed by atoms with Crippen LogP contribution in [0.4, 0.5) is 13.2 Å². The average molecular weight is 456 g/mol. The van der Waals surface area contributed by atoms with Crippen molar-refractivity contribution in [2.75, 3.05) is 13.7 Å². The summed E-state index contributed by atoms with van der Waals surface area (Å²) in [7, 11) is 0.792. The molecule has 1 aliphatic carbocycles. The summed E-state index contributed by atoms with van der Waals surface area (Å²) < 4.78 is 57.6. The van der Waals surface area contributed by atoms with Crippen LogP contribution in [0.2, 0.25) is 0 Å². The van der Waals surface area contributed by atoms with Gasteiger partial charge in [0.05, 0.1) is 6.61 Å². The SMILES string of the molecule is CO[C@@](C(=O)O[C@@H](C)/C=C/[C@@]1(O)[C@@]2(C)CO[C@]1(C)CC(=O)C2)(c1ccccc1)C(F)(F)F. The molecular formula is C23H27F3O6. The molecule has 0 amide bonds. The number of ketones is 1. The highest BCUT2D eigenvalue weighted by atomic mass is 19.4. The molecule has 2 bridgehead atoms. The lowest BCUT2D eigenvalue weighted by atomic mass is 9.59. The number of alkyl halides is 3. The first-order chi connectivity index (χ1) is 14.7. The number of Topliss-reactive ketones (excluding diaryl/α,β-unsaturated/α-hetero) is 1. The van der Waals surface area contributed by atoms with E-state index in [0.717, 1.165) is 19.2 Å². The normalized spacial score (nSPS) is 33.2. The van der Waals surface area contributed by atoms with Crippen molar-refractivity contribution in [1.82, 2.24) is 0 Å². The van der Waals surface area contributed by atoms with Gasteiger partial charge in [-0.25, -0.2) is 4.79 Å². The highest BCUT2D eigenvalue weighted by Gasteiger charge is 2.67. The molecule has 2 aliphatic rings. The van der Waals surface area contributed by atoms with Crippen LogP contribution in [-0.4, -0.2) is 54.1 Å². The maximum Gasteiger partial charge on any atom is 0.432 e. The first-order valence-corrected chi connectivity index (χ1v) is 10.2. The predicted molar refractivity (Wildman–Crippen MR) is 108 cm³/mol. The molecule has 1 aliphatic heterocycles. The lowest BCUT2D eigenvalue weighted by molar-refractivity contribution is -0.277.